The summed E-state index contributed by atoms with van der Waals surface area (Å²) in [5, 5.41) is 3.48. The molecule has 2 fully saturated rings. The Morgan fingerprint density at radius 2 is 2.00 bits per heavy atom. The van der Waals surface area contributed by atoms with E-state index in [0.717, 1.165) is 38.2 Å². The normalized spacial score (nSPS) is 22.9. The molecule has 6 heteroatoms. The molecule has 2 saturated heterocycles. The van der Waals surface area contributed by atoms with Crippen molar-refractivity contribution in [1.82, 2.24) is 15.1 Å². The zero-order valence-corrected chi connectivity index (χ0v) is 17.4. The minimum atomic E-state index is 0. The van der Waals surface area contributed by atoms with E-state index in [1.807, 2.05) is 11.8 Å². The van der Waals surface area contributed by atoms with Gasteiger partial charge >= 0.3 is 0 Å². The first-order valence-electron chi connectivity index (χ1n) is 8.61. The summed E-state index contributed by atoms with van der Waals surface area (Å²) in [5.41, 5.74) is 0. The van der Waals surface area contributed by atoms with Crippen molar-refractivity contribution in [2.45, 2.75) is 45.1 Å². The minimum absolute atomic E-state index is 0. The zero-order chi connectivity index (χ0) is 14.9. The molecule has 0 bridgehead atoms. The highest BCUT2D eigenvalue weighted by molar-refractivity contribution is 14.0. The fourth-order valence-corrected chi connectivity index (χ4v) is 3.80. The van der Waals surface area contributed by atoms with Crippen molar-refractivity contribution in [3.63, 3.8) is 0 Å². The summed E-state index contributed by atoms with van der Waals surface area (Å²) in [6, 6.07) is 0.757. The van der Waals surface area contributed by atoms with Crippen molar-refractivity contribution in [1.29, 1.82) is 0 Å². The Hall–Kier alpha value is 0.310. The molecule has 0 spiro atoms. The van der Waals surface area contributed by atoms with Gasteiger partial charge < -0.3 is 10.2 Å². The van der Waals surface area contributed by atoms with E-state index in [9.17, 15) is 0 Å². The molecule has 1 N–H and O–H groups in total. The van der Waals surface area contributed by atoms with Crippen LogP contribution in [0.15, 0.2) is 4.99 Å². The highest BCUT2D eigenvalue weighted by Gasteiger charge is 2.30. The van der Waals surface area contributed by atoms with E-state index in [1.165, 1.54) is 50.9 Å². The van der Waals surface area contributed by atoms with Crippen LogP contribution in [0.2, 0.25) is 0 Å². The maximum Gasteiger partial charge on any atom is 0.193 e. The molecule has 4 nitrogen and oxygen atoms in total. The molecule has 0 amide bonds. The Balaban J connectivity index is 0.00000242. The summed E-state index contributed by atoms with van der Waals surface area (Å²) in [6.07, 6.45) is 8.74. The maximum absolute atomic E-state index is 4.83. The van der Waals surface area contributed by atoms with Gasteiger partial charge in [0.15, 0.2) is 5.96 Å². The van der Waals surface area contributed by atoms with Crippen molar-refractivity contribution >= 4 is 41.7 Å². The van der Waals surface area contributed by atoms with E-state index in [4.69, 9.17) is 4.99 Å². The fourth-order valence-electron chi connectivity index (χ4n) is 3.31. The zero-order valence-electron chi connectivity index (χ0n) is 14.2. The summed E-state index contributed by atoms with van der Waals surface area (Å²) >= 11 is 1.93. The fraction of sp³-hybridized carbons (Fsp3) is 0.938. The molecule has 1 atom stereocenters. The van der Waals surface area contributed by atoms with Crippen molar-refractivity contribution in [2.24, 2.45) is 4.99 Å². The third kappa shape index (κ3) is 6.43. The van der Waals surface area contributed by atoms with E-state index in [-0.39, 0.29) is 24.0 Å². The quantitative estimate of drug-likeness (QED) is 0.286. The number of rotatable bonds is 7. The second-order valence-electron chi connectivity index (χ2n) is 6.07. The van der Waals surface area contributed by atoms with Gasteiger partial charge in [-0.1, -0.05) is 0 Å². The first-order chi connectivity index (χ1) is 10.3. The molecule has 2 aliphatic rings. The number of nitrogens with zero attached hydrogens (tertiary/aromatic N) is 3. The second kappa shape index (κ2) is 11.8. The smallest absolute Gasteiger partial charge is 0.193 e. The number of hydrogen-bond acceptors (Lipinski definition) is 3. The van der Waals surface area contributed by atoms with Crippen LogP contribution in [0, 0.1) is 0 Å². The lowest BCUT2D eigenvalue weighted by Gasteiger charge is -2.25. The lowest BCUT2D eigenvalue weighted by molar-refractivity contribution is 0.249. The Kier molecular flexibility index (Phi) is 10.9. The number of nitrogens with one attached hydrogen (secondary N) is 1. The third-order valence-electron chi connectivity index (χ3n) is 4.47. The van der Waals surface area contributed by atoms with Crippen molar-refractivity contribution < 1.29 is 0 Å². The van der Waals surface area contributed by atoms with E-state index >= 15 is 0 Å². The van der Waals surface area contributed by atoms with Crippen LogP contribution in [-0.2, 0) is 0 Å². The minimum Gasteiger partial charge on any atom is -0.357 e. The standard InChI is InChI=1S/C16H32N4S.HI/c1-3-17-16(18-9-4-7-13-21-2)20-12-8-15(14-20)19-10-5-6-11-19;/h15H,3-14H2,1-2H3,(H,17,18);1H. The van der Waals surface area contributed by atoms with Gasteiger partial charge in [-0.2, -0.15) is 11.8 Å². The van der Waals surface area contributed by atoms with Gasteiger partial charge in [0.05, 0.1) is 0 Å². The topological polar surface area (TPSA) is 30.9 Å². The maximum atomic E-state index is 4.83. The van der Waals surface area contributed by atoms with Crippen molar-refractivity contribution in [2.75, 3.05) is 51.3 Å². The van der Waals surface area contributed by atoms with Crippen LogP contribution in [0.4, 0.5) is 0 Å². The second-order valence-corrected chi connectivity index (χ2v) is 7.05. The first-order valence-corrected chi connectivity index (χ1v) is 10.0. The van der Waals surface area contributed by atoms with Gasteiger partial charge in [0.25, 0.3) is 0 Å². The number of hydrogen-bond donors (Lipinski definition) is 1. The Bertz CT molecular complexity index is 321. The highest BCUT2D eigenvalue weighted by atomic mass is 127. The summed E-state index contributed by atoms with van der Waals surface area (Å²) in [5.74, 6) is 2.40. The molecule has 0 aliphatic carbocycles. The molecule has 1 unspecified atom stereocenters. The van der Waals surface area contributed by atoms with E-state index in [2.05, 4.69) is 28.3 Å². The molecule has 0 aromatic heterocycles. The molecular formula is C16H33IN4S. The summed E-state index contributed by atoms with van der Waals surface area (Å²) in [6.45, 7) is 9.04. The van der Waals surface area contributed by atoms with E-state index in [0.29, 0.717) is 0 Å². The van der Waals surface area contributed by atoms with Gasteiger partial charge in [0.2, 0.25) is 0 Å². The SMILES string of the molecule is CCNC(=NCCCCSC)N1CCC(N2CCCC2)C1.I. The predicted molar refractivity (Wildman–Crippen MR) is 110 cm³/mol. The summed E-state index contributed by atoms with van der Waals surface area (Å²) < 4.78 is 0. The molecule has 22 heavy (non-hydrogen) atoms. The van der Waals surface area contributed by atoms with Crippen LogP contribution >= 0.6 is 35.7 Å². The first kappa shape index (κ1) is 20.4. The largest absolute Gasteiger partial charge is 0.357 e. The van der Waals surface area contributed by atoms with Crippen LogP contribution in [0.1, 0.15) is 39.0 Å². The van der Waals surface area contributed by atoms with Crippen LogP contribution in [-0.4, -0.2) is 73.1 Å². The van der Waals surface area contributed by atoms with Crippen LogP contribution in [0.5, 0.6) is 0 Å². The Labute approximate surface area is 157 Å². The van der Waals surface area contributed by atoms with Gasteiger partial charge in [-0.15, -0.1) is 24.0 Å². The Morgan fingerprint density at radius 1 is 1.23 bits per heavy atom. The average Bonchev–Trinajstić information content (AvgIpc) is 3.16. The predicted octanol–water partition coefficient (Wildman–Crippen LogP) is 2.88. The van der Waals surface area contributed by atoms with Crippen molar-refractivity contribution in [3.8, 4) is 0 Å². The van der Waals surface area contributed by atoms with Crippen LogP contribution in [0.3, 0.4) is 0 Å². The van der Waals surface area contributed by atoms with E-state index < -0.39 is 0 Å². The van der Waals surface area contributed by atoms with Gasteiger partial charge in [0.1, 0.15) is 0 Å². The molecule has 0 radical (unpaired) electrons. The molecule has 0 aromatic carbocycles. The molecule has 2 heterocycles. The van der Waals surface area contributed by atoms with Gasteiger partial charge in [-0.25, -0.2) is 0 Å². The number of aliphatic imine (C=N–C) groups is 1. The third-order valence-corrected chi connectivity index (χ3v) is 5.17. The van der Waals surface area contributed by atoms with Gasteiger partial charge in [0, 0.05) is 32.2 Å². The molecule has 0 aromatic rings. The monoisotopic (exact) mass is 440 g/mol. The molecular weight excluding hydrogens is 407 g/mol. The number of halogens is 1. The van der Waals surface area contributed by atoms with Crippen molar-refractivity contribution in [3.05, 3.63) is 0 Å². The number of likely N-dealkylation sites (tertiary alicyclic amines) is 2. The van der Waals surface area contributed by atoms with E-state index in [1.54, 1.807) is 0 Å². The molecule has 2 rings (SSSR count). The summed E-state index contributed by atoms with van der Waals surface area (Å²) in [4.78, 5) is 9.99. The lowest BCUT2D eigenvalue weighted by Crippen LogP contribution is -2.42. The van der Waals surface area contributed by atoms with Gasteiger partial charge in [-0.3, -0.25) is 9.89 Å². The molecule has 2 aliphatic heterocycles. The number of thioether (sulfide) groups is 1. The number of guanidine groups is 1. The Morgan fingerprint density at radius 3 is 2.68 bits per heavy atom. The van der Waals surface area contributed by atoms with Crippen LogP contribution < -0.4 is 5.32 Å². The molecule has 130 valence electrons. The van der Waals surface area contributed by atoms with Gasteiger partial charge in [-0.05, 0) is 64.1 Å². The highest BCUT2D eigenvalue weighted by Crippen LogP contribution is 2.20. The lowest BCUT2D eigenvalue weighted by atomic mass is 10.2. The average molecular weight is 440 g/mol. The number of unbranched alkanes of at least 4 members (excludes halogenated alkanes) is 1. The van der Waals surface area contributed by atoms with Crippen LogP contribution in [0.25, 0.3) is 0 Å². The molecule has 0 saturated carbocycles. The summed E-state index contributed by atoms with van der Waals surface area (Å²) in [7, 11) is 0.